The average molecular weight is 487 g/mol. The summed E-state index contributed by atoms with van der Waals surface area (Å²) in [6.07, 6.45) is 4.50. The number of piperidine rings is 1. The van der Waals surface area contributed by atoms with Gasteiger partial charge >= 0.3 is 5.97 Å². The third kappa shape index (κ3) is 4.75. The van der Waals surface area contributed by atoms with E-state index >= 15 is 0 Å². The summed E-state index contributed by atoms with van der Waals surface area (Å²) in [6, 6.07) is 2.00. The molecule has 0 saturated carbocycles. The van der Waals surface area contributed by atoms with Crippen molar-refractivity contribution < 1.29 is 14.3 Å². The fraction of sp³-hybridized carbons (Fsp3) is 0.435. The number of rotatable bonds is 6. The van der Waals surface area contributed by atoms with Crippen LogP contribution in [0, 0.1) is 24.2 Å². The number of aromatic nitrogens is 1. The van der Waals surface area contributed by atoms with Gasteiger partial charge in [0.25, 0.3) is 11.5 Å². The zero-order chi connectivity index (χ0) is 24.3. The van der Waals surface area contributed by atoms with Crippen molar-refractivity contribution in [2.24, 2.45) is 13.0 Å². The van der Waals surface area contributed by atoms with Gasteiger partial charge in [-0.25, -0.2) is 0 Å². The lowest BCUT2D eigenvalue weighted by Crippen LogP contribution is -2.40. The number of nitrogens with zero attached hydrogens (tertiary/aromatic N) is 4. The van der Waals surface area contributed by atoms with E-state index in [1.54, 1.807) is 33.0 Å². The highest BCUT2D eigenvalue weighted by Gasteiger charge is 2.33. The predicted octanol–water partition coefficient (Wildman–Crippen LogP) is 2.73. The van der Waals surface area contributed by atoms with Gasteiger partial charge in [0, 0.05) is 32.2 Å². The summed E-state index contributed by atoms with van der Waals surface area (Å²) in [5, 5.41) is 9.60. The van der Waals surface area contributed by atoms with Crippen LogP contribution in [0.3, 0.4) is 0 Å². The van der Waals surface area contributed by atoms with Crippen molar-refractivity contribution in [2.75, 3.05) is 31.1 Å². The quantitative estimate of drug-likeness (QED) is 0.262. The first-order valence-electron chi connectivity index (χ1n) is 10.7. The number of ether oxygens (including phenoxy) is 1. The van der Waals surface area contributed by atoms with E-state index in [9.17, 15) is 19.6 Å². The van der Waals surface area contributed by atoms with Gasteiger partial charge in [0.05, 0.1) is 17.4 Å². The summed E-state index contributed by atoms with van der Waals surface area (Å²) in [4.78, 5) is 41.9. The predicted molar refractivity (Wildman–Crippen MR) is 133 cm³/mol. The first-order valence-corrected chi connectivity index (χ1v) is 11.9. The topological polar surface area (TPSA) is 95.6 Å². The van der Waals surface area contributed by atoms with Crippen molar-refractivity contribution in [3.63, 3.8) is 0 Å². The van der Waals surface area contributed by atoms with E-state index in [2.05, 4.69) is 6.58 Å². The Bertz CT molecular complexity index is 1140. The molecule has 2 aliphatic rings. The molecule has 0 aliphatic carbocycles. The van der Waals surface area contributed by atoms with E-state index in [1.165, 1.54) is 21.2 Å². The van der Waals surface area contributed by atoms with Crippen LogP contribution in [-0.4, -0.2) is 51.9 Å². The molecule has 0 bridgehead atoms. The number of thiocarbonyl (C=S) groups is 1. The standard InChI is InChI=1S/C23H26N4O4S2/c1-5-9-27-21(29)18(33-23(27)32)12-16-14(3)17(13-24)20(28)25(4)19(16)26-10-7-15(8-11-26)22(30)31-6-2/h5,12,15H,1,6-11H2,2-4H3/b18-12-. The molecule has 174 valence electrons. The fourth-order valence-electron chi connectivity index (χ4n) is 4.10. The second-order valence-electron chi connectivity index (χ2n) is 7.81. The molecule has 0 radical (unpaired) electrons. The number of carbonyl (C=O) groups is 2. The third-order valence-electron chi connectivity index (χ3n) is 5.84. The second kappa shape index (κ2) is 10.4. The van der Waals surface area contributed by atoms with Gasteiger partial charge in [-0.1, -0.05) is 30.1 Å². The molecule has 3 rings (SSSR count). The number of amides is 1. The Morgan fingerprint density at radius 3 is 2.61 bits per heavy atom. The molecular formula is C23H26N4O4S2. The van der Waals surface area contributed by atoms with Gasteiger partial charge in [0.1, 0.15) is 21.8 Å². The molecule has 0 unspecified atom stereocenters. The van der Waals surface area contributed by atoms with Gasteiger partial charge in [-0.05, 0) is 38.3 Å². The number of hydrogen-bond donors (Lipinski definition) is 0. The summed E-state index contributed by atoms with van der Waals surface area (Å²) in [5.41, 5.74) is 0.781. The van der Waals surface area contributed by atoms with Crippen molar-refractivity contribution in [3.8, 4) is 6.07 Å². The van der Waals surface area contributed by atoms with Crippen LogP contribution in [0.2, 0.25) is 0 Å². The third-order valence-corrected chi connectivity index (χ3v) is 7.22. The normalized spacial score (nSPS) is 18.1. The summed E-state index contributed by atoms with van der Waals surface area (Å²) < 4.78 is 7.04. The number of anilines is 1. The second-order valence-corrected chi connectivity index (χ2v) is 9.48. The molecule has 33 heavy (non-hydrogen) atoms. The van der Waals surface area contributed by atoms with E-state index in [0.717, 1.165) is 0 Å². The largest absolute Gasteiger partial charge is 0.466 e. The lowest BCUT2D eigenvalue weighted by atomic mass is 9.95. The number of thioether (sulfide) groups is 1. The van der Waals surface area contributed by atoms with Crippen molar-refractivity contribution in [1.29, 1.82) is 5.26 Å². The summed E-state index contributed by atoms with van der Waals surface area (Å²) >= 11 is 6.52. The van der Waals surface area contributed by atoms with Crippen molar-refractivity contribution in [1.82, 2.24) is 9.47 Å². The van der Waals surface area contributed by atoms with Gasteiger partial charge in [0.2, 0.25) is 0 Å². The van der Waals surface area contributed by atoms with Crippen LogP contribution in [0.15, 0.2) is 22.4 Å². The minimum atomic E-state index is -0.395. The minimum Gasteiger partial charge on any atom is -0.466 e. The summed E-state index contributed by atoms with van der Waals surface area (Å²) in [6.45, 7) is 8.91. The van der Waals surface area contributed by atoms with Gasteiger partial charge in [-0.2, -0.15) is 5.26 Å². The van der Waals surface area contributed by atoms with Crippen LogP contribution in [0.25, 0.3) is 6.08 Å². The Hall–Kier alpha value is -2.90. The molecule has 10 heteroatoms. The van der Waals surface area contributed by atoms with E-state index in [-0.39, 0.29) is 23.4 Å². The Morgan fingerprint density at radius 2 is 2.03 bits per heavy atom. The molecule has 0 spiro atoms. The monoisotopic (exact) mass is 486 g/mol. The van der Waals surface area contributed by atoms with Gasteiger partial charge in [-0.3, -0.25) is 23.9 Å². The highest BCUT2D eigenvalue weighted by molar-refractivity contribution is 8.26. The van der Waals surface area contributed by atoms with E-state index in [4.69, 9.17) is 17.0 Å². The van der Waals surface area contributed by atoms with Gasteiger partial charge in [0.15, 0.2) is 0 Å². The summed E-state index contributed by atoms with van der Waals surface area (Å²) in [7, 11) is 1.62. The smallest absolute Gasteiger partial charge is 0.309 e. The first-order chi connectivity index (χ1) is 15.7. The maximum absolute atomic E-state index is 12.9. The number of hydrogen-bond acceptors (Lipinski definition) is 8. The minimum absolute atomic E-state index is 0.0375. The molecule has 1 aromatic heterocycles. The number of esters is 1. The summed E-state index contributed by atoms with van der Waals surface area (Å²) in [5.74, 6) is 0.000837. The average Bonchev–Trinajstić information content (AvgIpc) is 3.06. The fourth-order valence-corrected chi connectivity index (χ4v) is 5.36. The lowest BCUT2D eigenvalue weighted by molar-refractivity contribution is -0.148. The molecule has 2 aliphatic heterocycles. The van der Waals surface area contributed by atoms with Crippen LogP contribution in [0.1, 0.15) is 36.5 Å². The number of carbonyl (C=O) groups excluding carboxylic acids is 2. The highest BCUT2D eigenvalue weighted by atomic mass is 32.2. The van der Waals surface area contributed by atoms with Crippen LogP contribution >= 0.6 is 24.0 Å². The number of pyridine rings is 1. The van der Waals surface area contributed by atoms with Gasteiger partial charge in [-0.15, -0.1) is 6.58 Å². The molecule has 1 aromatic rings. The zero-order valence-corrected chi connectivity index (χ0v) is 20.6. The van der Waals surface area contributed by atoms with Crippen molar-refractivity contribution >= 4 is 52.1 Å². The van der Waals surface area contributed by atoms with Crippen LogP contribution in [0.5, 0.6) is 0 Å². The molecule has 2 fully saturated rings. The Balaban J connectivity index is 2.05. The van der Waals surface area contributed by atoms with Crippen LogP contribution in [-0.2, 0) is 21.4 Å². The maximum Gasteiger partial charge on any atom is 0.309 e. The Labute approximate surface area is 202 Å². The molecule has 1 amide bonds. The SMILES string of the molecule is C=CCN1C(=O)/C(=C/c2c(C)c(C#N)c(=O)n(C)c2N2CCC(C(=O)OCC)CC2)SC1=S. The number of nitriles is 1. The maximum atomic E-state index is 12.9. The van der Waals surface area contributed by atoms with E-state index < -0.39 is 5.56 Å². The van der Waals surface area contributed by atoms with Crippen LogP contribution < -0.4 is 10.5 Å². The Kier molecular flexibility index (Phi) is 7.76. The Morgan fingerprint density at radius 1 is 1.36 bits per heavy atom. The van der Waals surface area contributed by atoms with Crippen molar-refractivity contribution in [2.45, 2.75) is 26.7 Å². The van der Waals surface area contributed by atoms with E-state index in [0.29, 0.717) is 65.3 Å². The van der Waals surface area contributed by atoms with Crippen molar-refractivity contribution in [3.05, 3.63) is 44.6 Å². The molecule has 0 aromatic carbocycles. The van der Waals surface area contributed by atoms with Gasteiger partial charge < -0.3 is 9.64 Å². The molecule has 3 heterocycles. The van der Waals surface area contributed by atoms with E-state index in [1.807, 2.05) is 11.0 Å². The lowest BCUT2D eigenvalue weighted by Gasteiger charge is -2.35. The molecule has 8 nitrogen and oxygen atoms in total. The molecule has 2 saturated heterocycles. The first kappa shape index (κ1) is 24.7. The van der Waals surface area contributed by atoms with Crippen LogP contribution in [0.4, 0.5) is 5.82 Å². The molecule has 0 atom stereocenters. The highest BCUT2D eigenvalue weighted by Crippen LogP contribution is 2.36. The molecule has 0 N–H and O–H groups in total. The zero-order valence-electron chi connectivity index (χ0n) is 18.9. The molecular weight excluding hydrogens is 460 g/mol.